The van der Waals surface area contributed by atoms with Gasteiger partial charge in [0.15, 0.2) is 0 Å². The van der Waals surface area contributed by atoms with Crippen LogP contribution in [0.5, 0.6) is 0 Å². The number of aromatic nitrogens is 1. The van der Waals surface area contributed by atoms with Gasteiger partial charge in [0.05, 0.1) is 0 Å². The SMILES string of the molecule is Cc1cc(C)c(C(/C=C/c2ccc(Cl)cc2)c2ccc(Cl)cc2)[nH]1. The molecule has 1 heterocycles. The molecule has 1 N–H and O–H groups in total. The number of rotatable bonds is 4. The highest BCUT2D eigenvalue weighted by molar-refractivity contribution is 6.30. The van der Waals surface area contributed by atoms with Crippen molar-refractivity contribution in [2.75, 3.05) is 0 Å². The molecule has 1 aromatic heterocycles. The summed E-state index contributed by atoms with van der Waals surface area (Å²) in [5.74, 6) is 0.145. The Morgan fingerprint density at radius 1 is 0.875 bits per heavy atom. The maximum absolute atomic E-state index is 6.05. The number of aromatic amines is 1. The first-order valence-electron chi connectivity index (χ1n) is 7.88. The summed E-state index contributed by atoms with van der Waals surface area (Å²) >= 11 is 12.0. The standard InChI is InChI=1S/C21H19Cl2N/c1-14-13-15(2)24-21(14)20(17-6-10-19(23)11-7-17)12-5-16-3-8-18(22)9-4-16/h3-13,20,24H,1-2H3/b12-5+. The third-order valence-corrected chi connectivity index (χ3v) is 4.58. The topological polar surface area (TPSA) is 15.8 Å². The highest BCUT2D eigenvalue weighted by Crippen LogP contribution is 2.30. The molecular weight excluding hydrogens is 337 g/mol. The van der Waals surface area contributed by atoms with Gasteiger partial charge in [-0.05, 0) is 60.9 Å². The Morgan fingerprint density at radius 2 is 1.46 bits per heavy atom. The van der Waals surface area contributed by atoms with E-state index in [1.54, 1.807) is 0 Å². The van der Waals surface area contributed by atoms with Crippen LogP contribution in [0, 0.1) is 13.8 Å². The van der Waals surface area contributed by atoms with Crippen LogP contribution in [0.25, 0.3) is 6.08 Å². The van der Waals surface area contributed by atoms with Crippen LogP contribution in [0.1, 0.15) is 34.0 Å². The van der Waals surface area contributed by atoms with Gasteiger partial charge in [0.25, 0.3) is 0 Å². The lowest BCUT2D eigenvalue weighted by Crippen LogP contribution is -2.00. The number of aryl methyl sites for hydroxylation is 2. The van der Waals surface area contributed by atoms with Crippen molar-refractivity contribution < 1.29 is 0 Å². The fraction of sp³-hybridized carbons (Fsp3) is 0.143. The van der Waals surface area contributed by atoms with Crippen molar-refractivity contribution in [3.05, 3.63) is 98.8 Å². The van der Waals surface area contributed by atoms with Gasteiger partial charge in [-0.1, -0.05) is 59.6 Å². The van der Waals surface area contributed by atoms with E-state index >= 15 is 0 Å². The fourth-order valence-electron chi connectivity index (χ4n) is 2.90. The summed E-state index contributed by atoms with van der Waals surface area (Å²) in [6, 6.07) is 18.1. The van der Waals surface area contributed by atoms with Gasteiger partial charge >= 0.3 is 0 Å². The summed E-state index contributed by atoms with van der Waals surface area (Å²) in [7, 11) is 0. The third kappa shape index (κ3) is 3.92. The molecule has 0 aliphatic rings. The Kier molecular flexibility index (Phi) is 5.13. The molecule has 0 saturated heterocycles. The van der Waals surface area contributed by atoms with Crippen molar-refractivity contribution in [1.29, 1.82) is 0 Å². The van der Waals surface area contributed by atoms with E-state index in [-0.39, 0.29) is 5.92 Å². The molecule has 3 heteroatoms. The second kappa shape index (κ2) is 7.29. The molecule has 0 bridgehead atoms. The first-order valence-corrected chi connectivity index (χ1v) is 8.64. The number of allylic oxidation sites excluding steroid dienone is 1. The van der Waals surface area contributed by atoms with Crippen molar-refractivity contribution in [1.82, 2.24) is 4.98 Å². The Hall–Kier alpha value is -1.96. The number of halogens is 2. The largest absolute Gasteiger partial charge is 0.362 e. The number of nitrogens with one attached hydrogen (secondary N) is 1. The Bertz CT molecular complexity index is 843. The van der Waals surface area contributed by atoms with Gasteiger partial charge in [-0.2, -0.15) is 0 Å². The predicted molar refractivity (Wildman–Crippen MR) is 104 cm³/mol. The van der Waals surface area contributed by atoms with Gasteiger partial charge < -0.3 is 4.98 Å². The van der Waals surface area contributed by atoms with Crippen LogP contribution in [-0.4, -0.2) is 4.98 Å². The van der Waals surface area contributed by atoms with Gasteiger partial charge in [-0.3, -0.25) is 0 Å². The zero-order chi connectivity index (χ0) is 17.1. The van der Waals surface area contributed by atoms with Gasteiger partial charge in [-0.15, -0.1) is 0 Å². The molecular formula is C21H19Cl2N. The smallest absolute Gasteiger partial charge is 0.0426 e. The van der Waals surface area contributed by atoms with Crippen LogP contribution in [-0.2, 0) is 0 Å². The van der Waals surface area contributed by atoms with E-state index in [4.69, 9.17) is 23.2 Å². The predicted octanol–water partition coefficient (Wildman–Crippen LogP) is 6.78. The van der Waals surface area contributed by atoms with Crippen molar-refractivity contribution in [2.24, 2.45) is 0 Å². The van der Waals surface area contributed by atoms with E-state index in [9.17, 15) is 0 Å². The maximum atomic E-state index is 6.05. The van der Waals surface area contributed by atoms with Crippen LogP contribution < -0.4 is 0 Å². The molecule has 1 nitrogen and oxygen atoms in total. The molecule has 2 aromatic carbocycles. The monoisotopic (exact) mass is 355 g/mol. The average Bonchev–Trinajstić information content (AvgIpc) is 2.89. The average molecular weight is 356 g/mol. The van der Waals surface area contributed by atoms with Gasteiger partial charge in [-0.25, -0.2) is 0 Å². The molecule has 122 valence electrons. The molecule has 1 atom stereocenters. The minimum absolute atomic E-state index is 0.145. The van der Waals surface area contributed by atoms with Crippen LogP contribution in [0.2, 0.25) is 10.0 Å². The summed E-state index contributed by atoms with van der Waals surface area (Å²) in [4.78, 5) is 3.50. The van der Waals surface area contributed by atoms with Crippen LogP contribution in [0.4, 0.5) is 0 Å². The van der Waals surface area contributed by atoms with Gasteiger partial charge in [0.1, 0.15) is 0 Å². The molecule has 0 fully saturated rings. The van der Waals surface area contributed by atoms with Crippen molar-refractivity contribution in [2.45, 2.75) is 19.8 Å². The second-order valence-corrected chi connectivity index (χ2v) is 6.86. The number of hydrogen-bond donors (Lipinski definition) is 1. The normalized spacial score (nSPS) is 12.7. The lowest BCUT2D eigenvalue weighted by atomic mass is 9.92. The molecule has 0 saturated carbocycles. The molecule has 0 spiro atoms. The molecule has 1 unspecified atom stereocenters. The van der Waals surface area contributed by atoms with E-state index in [0.29, 0.717) is 0 Å². The summed E-state index contributed by atoms with van der Waals surface area (Å²) in [6.07, 6.45) is 4.34. The lowest BCUT2D eigenvalue weighted by molar-refractivity contribution is 0.954. The molecule has 0 aliphatic carbocycles. The molecule has 3 rings (SSSR count). The van der Waals surface area contributed by atoms with E-state index < -0.39 is 0 Å². The quantitative estimate of drug-likeness (QED) is 0.530. The first-order chi connectivity index (χ1) is 11.5. The Labute approximate surface area is 152 Å². The van der Waals surface area contributed by atoms with Gasteiger partial charge in [0.2, 0.25) is 0 Å². The zero-order valence-electron chi connectivity index (χ0n) is 13.7. The van der Waals surface area contributed by atoms with E-state index in [0.717, 1.165) is 15.6 Å². The third-order valence-electron chi connectivity index (χ3n) is 4.08. The zero-order valence-corrected chi connectivity index (χ0v) is 15.2. The molecule has 0 radical (unpaired) electrons. The summed E-state index contributed by atoms with van der Waals surface area (Å²) in [5, 5.41) is 1.50. The Balaban J connectivity index is 2.00. The van der Waals surface area contributed by atoms with Crippen LogP contribution in [0.3, 0.4) is 0 Å². The van der Waals surface area contributed by atoms with Crippen molar-refractivity contribution in [3.63, 3.8) is 0 Å². The minimum atomic E-state index is 0.145. The lowest BCUT2D eigenvalue weighted by Gasteiger charge is -2.14. The first kappa shape index (κ1) is 16.9. The minimum Gasteiger partial charge on any atom is -0.362 e. The second-order valence-electron chi connectivity index (χ2n) is 5.99. The Morgan fingerprint density at radius 3 is 2.00 bits per heavy atom. The highest BCUT2D eigenvalue weighted by atomic mass is 35.5. The highest BCUT2D eigenvalue weighted by Gasteiger charge is 2.15. The van der Waals surface area contributed by atoms with Crippen molar-refractivity contribution >= 4 is 29.3 Å². The van der Waals surface area contributed by atoms with Crippen molar-refractivity contribution in [3.8, 4) is 0 Å². The number of H-pyrrole nitrogens is 1. The van der Waals surface area contributed by atoms with E-state index in [1.165, 1.54) is 22.5 Å². The van der Waals surface area contributed by atoms with E-state index in [1.807, 2.05) is 36.4 Å². The van der Waals surface area contributed by atoms with Gasteiger partial charge in [0, 0.05) is 27.4 Å². The molecule has 3 aromatic rings. The van der Waals surface area contributed by atoms with Crippen LogP contribution >= 0.6 is 23.2 Å². The summed E-state index contributed by atoms with van der Waals surface area (Å²) in [5.41, 5.74) is 5.96. The van der Waals surface area contributed by atoms with E-state index in [2.05, 4.69) is 49.2 Å². The van der Waals surface area contributed by atoms with Crippen LogP contribution in [0.15, 0.2) is 60.7 Å². The molecule has 0 amide bonds. The number of hydrogen-bond acceptors (Lipinski definition) is 0. The molecule has 0 aliphatic heterocycles. The summed E-state index contributed by atoms with van der Waals surface area (Å²) < 4.78 is 0. The molecule has 24 heavy (non-hydrogen) atoms. The number of benzene rings is 2. The summed E-state index contributed by atoms with van der Waals surface area (Å²) in [6.45, 7) is 4.22. The maximum Gasteiger partial charge on any atom is 0.0426 e. The fourth-order valence-corrected chi connectivity index (χ4v) is 3.15.